The van der Waals surface area contributed by atoms with E-state index in [1.807, 2.05) is 38.1 Å². The molecule has 1 aliphatic rings. The molecule has 2 rings (SSSR count). The highest BCUT2D eigenvalue weighted by molar-refractivity contribution is 5.81. The topological polar surface area (TPSA) is 50.8 Å². The van der Waals surface area contributed by atoms with Gasteiger partial charge in [0, 0.05) is 18.6 Å². The number of ether oxygens (including phenoxy) is 2. The summed E-state index contributed by atoms with van der Waals surface area (Å²) in [4.78, 5) is 14.8. The van der Waals surface area contributed by atoms with Crippen molar-refractivity contribution in [3.63, 3.8) is 0 Å². The number of hydrogen-bond donors (Lipinski definition) is 1. The Morgan fingerprint density at radius 2 is 2.17 bits per heavy atom. The molecule has 0 saturated carbocycles. The Morgan fingerprint density at radius 1 is 1.43 bits per heavy atom. The molecule has 0 spiro atoms. The van der Waals surface area contributed by atoms with Crippen LogP contribution in [-0.4, -0.2) is 55.8 Å². The predicted molar refractivity (Wildman–Crippen MR) is 90.8 cm³/mol. The van der Waals surface area contributed by atoms with Crippen molar-refractivity contribution in [3.8, 4) is 5.75 Å². The van der Waals surface area contributed by atoms with Crippen molar-refractivity contribution in [1.82, 2.24) is 10.2 Å². The lowest BCUT2D eigenvalue weighted by atomic mass is 9.94. The number of amides is 1. The van der Waals surface area contributed by atoms with Crippen LogP contribution in [0.5, 0.6) is 5.75 Å². The fraction of sp³-hybridized carbons (Fsp3) is 0.611. The fourth-order valence-corrected chi connectivity index (χ4v) is 2.93. The minimum atomic E-state index is -0.388. The third kappa shape index (κ3) is 4.94. The summed E-state index contributed by atoms with van der Waals surface area (Å²) in [6.45, 7) is 9.26. The summed E-state index contributed by atoms with van der Waals surface area (Å²) in [5.74, 6) is 0.809. The zero-order valence-corrected chi connectivity index (χ0v) is 14.6. The van der Waals surface area contributed by atoms with Gasteiger partial charge in [-0.05, 0) is 38.4 Å². The number of nitrogens with one attached hydrogen (secondary N) is 1. The van der Waals surface area contributed by atoms with Gasteiger partial charge in [0.15, 0.2) is 0 Å². The van der Waals surface area contributed by atoms with E-state index in [4.69, 9.17) is 9.47 Å². The number of likely N-dealkylation sites (N-methyl/N-ethyl adjacent to an activating group) is 1. The Balaban J connectivity index is 1.98. The van der Waals surface area contributed by atoms with Crippen LogP contribution in [0.1, 0.15) is 26.3 Å². The summed E-state index contributed by atoms with van der Waals surface area (Å²) in [5.41, 5.74) is 0.712. The summed E-state index contributed by atoms with van der Waals surface area (Å²) in [6, 6.07) is 7.90. The van der Waals surface area contributed by atoms with Crippen LogP contribution in [-0.2, 0) is 16.0 Å². The van der Waals surface area contributed by atoms with Gasteiger partial charge in [0.25, 0.3) is 5.91 Å². The largest absolute Gasteiger partial charge is 0.496 e. The molecule has 5 heteroatoms. The second-order valence-electron chi connectivity index (χ2n) is 6.61. The first-order valence-electron chi connectivity index (χ1n) is 8.23. The van der Waals surface area contributed by atoms with Gasteiger partial charge >= 0.3 is 0 Å². The van der Waals surface area contributed by atoms with Crippen molar-refractivity contribution in [2.45, 2.75) is 38.8 Å². The second kappa shape index (κ2) is 7.79. The van der Waals surface area contributed by atoms with E-state index < -0.39 is 0 Å². The van der Waals surface area contributed by atoms with Crippen LogP contribution in [0.2, 0.25) is 0 Å². The highest BCUT2D eigenvalue weighted by Gasteiger charge is 2.30. The van der Waals surface area contributed by atoms with E-state index in [0.29, 0.717) is 19.6 Å². The maximum atomic E-state index is 12.5. The van der Waals surface area contributed by atoms with E-state index in [0.717, 1.165) is 24.4 Å². The smallest absolute Gasteiger partial charge is 0.250 e. The minimum absolute atomic E-state index is 0.0388. The second-order valence-corrected chi connectivity index (χ2v) is 6.61. The monoisotopic (exact) mass is 320 g/mol. The summed E-state index contributed by atoms with van der Waals surface area (Å²) < 4.78 is 11.0. The number of nitrogens with zero attached hydrogens (tertiary/aromatic N) is 1. The highest BCUT2D eigenvalue weighted by Crippen LogP contribution is 2.23. The third-order valence-corrected chi connectivity index (χ3v) is 4.18. The van der Waals surface area contributed by atoms with Crippen molar-refractivity contribution in [3.05, 3.63) is 29.8 Å². The summed E-state index contributed by atoms with van der Waals surface area (Å²) in [6.07, 6.45) is 0.313. The molecule has 1 fully saturated rings. The van der Waals surface area contributed by atoms with Gasteiger partial charge in [-0.3, -0.25) is 9.69 Å². The zero-order valence-electron chi connectivity index (χ0n) is 14.6. The number of rotatable bonds is 6. The number of carbonyl (C=O) groups is 1. The van der Waals surface area contributed by atoms with Crippen molar-refractivity contribution in [2.75, 3.05) is 33.4 Å². The van der Waals surface area contributed by atoms with Gasteiger partial charge in [-0.25, -0.2) is 0 Å². The van der Waals surface area contributed by atoms with Crippen LogP contribution in [0.4, 0.5) is 0 Å². The summed E-state index contributed by atoms with van der Waals surface area (Å²) in [5, 5.41) is 3.12. The first-order chi connectivity index (χ1) is 10.9. The molecule has 1 unspecified atom stereocenters. The van der Waals surface area contributed by atoms with E-state index in [1.165, 1.54) is 0 Å². The molecule has 1 aromatic rings. The first-order valence-corrected chi connectivity index (χ1v) is 8.23. The molecule has 1 N–H and O–H groups in total. The molecule has 0 aromatic heterocycles. The van der Waals surface area contributed by atoms with Crippen LogP contribution in [0, 0.1) is 0 Å². The molecule has 5 nitrogen and oxygen atoms in total. The lowest BCUT2D eigenvalue weighted by Crippen LogP contribution is -2.55. The van der Waals surface area contributed by atoms with Crippen LogP contribution in [0.3, 0.4) is 0 Å². The predicted octanol–water partition coefficient (Wildman–Crippen LogP) is 1.85. The van der Waals surface area contributed by atoms with Gasteiger partial charge in [0.2, 0.25) is 0 Å². The normalized spacial score (nSPS) is 19.4. The van der Waals surface area contributed by atoms with Crippen LogP contribution in [0.25, 0.3) is 0 Å². The van der Waals surface area contributed by atoms with Gasteiger partial charge in [-0.15, -0.1) is 0 Å². The van der Waals surface area contributed by atoms with E-state index in [-0.39, 0.29) is 17.6 Å². The number of benzene rings is 1. The van der Waals surface area contributed by atoms with Gasteiger partial charge in [0.05, 0.1) is 13.7 Å². The lowest BCUT2D eigenvalue weighted by Gasteiger charge is -2.34. The fourth-order valence-electron chi connectivity index (χ4n) is 2.93. The molecule has 1 aliphatic heterocycles. The third-order valence-electron chi connectivity index (χ3n) is 4.18. The van der Waals surface area contributed by atoms with Crippen LogP contribution < -0.4 is 10.1 Å². The molecular weight excluding hydrogens is 292 g/mol. The molecular formula is C18H28N2O3. The van der Waals surface area contributed by atoms with Gasteiger partial charge in [0.1, 0.15) is 11.9 Å². The van der Waals surface area contributed by atoms with Crippen LogP contribution >= 0.6 is 0 Å². The molecule has 1 heterocycles. The summed E-state index contributed by atoms with van der Waals surface area (Å²) >= 11 is 0. The molecule has 23 heavy (non-hydrogen) atoms. The van der Waals surface area contributed by atoms with Gasteiger partial charge in [-0.1, -0.05) is 25.1 Å². The minimum Gasteiger partial charge on any atom is -0.496 e. The lowest BCUT2D eigenvalue weighted by molar-refractivity contribution is -0.140. The molecule has 0 bridgehead atoms. The Kier molecular flexibility index (Phi) is 6.02. The number of methoxy groups -OCH3 is 1. The number of carbonyl (C=O) groups excluding carboxylic acids is 1. The van der Waals surface area contributed by atoms with Crippen molar-refractivity contribution < 1.29 is 14.3 Å². The molecule has 0 aliphatic carbocycles. The Morgan fingerprint density at radius 3 is 2.87 bits per heavy atom. The molecule has 1 atom stereocenters. The summed E-state index contributed by atoms with van der Waals surface area (Å²) in [7, 11) is 1.67. The molecule has 1 saturated heterocycles. The van der Waals surface area contributed by atoms with E-state index in [9.17, 15) is 4.79 Å². The number of hydrogen-bond acceptors (Lipinski definition) is 4. The molecule has 0 radical (unpaired) electrons. The number of morpholine rings is 1. The maximum absolute atomic E-state index is 12.5. The average Bonchev–Trinajstić information content (AvgIpc) is 2.54. The maximum Gasteiger partial charge on any atom is 0.250 e. The molecule has 1 aromatic carbocycles. The number of para-hydroxylation sites is 1. The quantitative estimate of drug-likeness (QED) is 0.869. The highest BCUT2D eigenvalue weighted by atomic mass is 16.5. The average molecular weight is 320 g/mol. The van der Waals surface area contributed by atoms with Gasteiger partial charge < -0.3 is 14.8 Å². The van der Waals surface area contributed by atoms with E-state index in [2.05, 4.69) is 17.1 Å². The SMILES string of the molecule is CCN1CCOC(C(=O)NC(C)(C)Cc2ccccc2OC)C1. The van der Waals surface area contributed by atoms with E-state index in [1.54, 1.807) is 7.11 Å². The van der Waals surface area contributed by atoms with E-state index >= 15 is 0 Å². The standard InChI is InChI=1S/C18H28N2O3/c1-5-20-10-11-23-16(13-20)17(21)19-18(2,3)12-14-8-6-7-9-15(14)22-4/h6-9,16H,5,10-13H2,1-4H3,(H,19,21). The van der Waals surface area contributed by atoms with Crippen molar-refractivity contribution in [2.24, 2.45) is 0 Å². The molecule has 1 amide bonds. The van der Waals surface area contributed by atoms with Crippen LogP contribution in [0.15, 0.2) is 24.3 Å². The molecule has 128 valence electrons. The zero-order chi connectivity index (χ0) is 16.9. The van der Waals surface area contributed by atoms with Gasteiger partial charge in [-0.2, -0.15) is 0 Å². The Hall–Kier alpha value is -1.59. The van der Waals surface area contributed by atoms with Crippen molar-refractivity contribution >= 4 is 5.91 Å². The first kappa shape index (κ1) is 17.8. The van der Waals surface area contributed by atoms with Crippen molar-refractivity contribution in [1.29, 1.82) is 0 Å². The Labute approximate surface area is 139 Å². The Bertz CT molecular complexity index is 531.